The Morgan fingerprint density at radius 1 is 1.12 bits per heavy atom. The molecule has 1 saturated heterocycles. The van der Waals surface area contributed by atoms with Crippen LogP contribution < -0.4 is 0 Å². The molecule has 0 bridgehead atoms. The standard InChI is InChI=1S/C15H16N4O4S2/c20-25(21,14-4-2-10-24-14)19-7-5-18(6-8-19)11-13-16-17-15(23-13)12-3-1-9-22-12/h1-4,9-10H,5-8,11H2. The normalized spacial score (nSPS) is 17.1. The van der Waals surface area contributed by atoms with Crippen molar-refractivity contribution in [2.75, 3.05) is 26.2 Å². The van der Waals surface area contributed by atoms with E-state index < -0.39 is 10.0 Å². The first-order chi connectivity index (χ1) is 12.1. The Labute approximate surface area is 148 Å². The van der Waals surface area contributed by atoms with Gasteiger partial charge in [0, 0.05) is 26.2 Å². The van der Waals surface area contributed by atoms with E-state index in [4.69, 9.17) is 8.83 Å². The fourth-order valence-electron chi connectivity index (χ4n) is 2.67. The predicted molar refractivity (Wildman–Crippen MR) is 90.4 cm³/mol. The van der Waals surface area contributed by atoms with Gasteiger partial charge in [-0.15, -0.1) is 21.5 Å². The second-order valence-corrected chi connectivity index (χ2v) is 8.70. The van der Waals surface area contributed by atoms with Crippen molar-refractivity contribution in [1.29, 1.82) is 0 Å². The first kappa shape index (κ1) is 16.5. The second-order valence-electron chi connectivity index (χ2n) is 5.59. The molecule has 4 heterocycles. The summed E-state index contributed by atoms with van der Waals surface area (Å²) in [5, 5.41) is 9.77. The number of furan rings is 1. The summed E-state index contributed by atoms with van der Waals surface area (Å²) in [6.07, 6.45) is 1.55. The second kappa shape index (κ2) is 6.71. The van der Waals surface area contributed by atoms with E-state index in [0.29, 0.717) is 54.5 Å². The zero-order chi connectivity index (χ0) is 17.3. The van der Waals surface area contributed by atoms with Crippen molar-refractivity contribution in [1.82, 2.24) is 19.4 Å². The van der Waals surface area contributed by atoms with Gasteiger partial charge in [0.15, 0.2) is 5.76 Å². The van der Waals surface area contributed by atoms with Crippen molar-refractivity contribution in [2.45, 2.75) is 10.8 Å². The highest BCUT2D eigenvalue weighted by Gasteiger charge is 2.29. The summed E-state index contributed by atoms with van der Waals surface area (Å²) in [7, 11) is -3.38. The molecule has 3 aromatic rings. The molecule has 132 valence electrons. The minimum absolute atomic E-state index is 0.346. The summed E-state index contributed by atoms with van der Waals surface area (Å²) >= 11 is 1.24. The summed E-state index contributed by atoms with van der Waals surface area (Å²) in [4.78, 5) is 2.10. The fourth-order valence-corrected chi connectivity index (χ4v) is 5.24. The third-order valence-corrected chi connectivity index (χ3v) is 7.25. The third-order valence-electron chi connectivity index (χ3n) is 3.98. The number of hydrogen-bond acceptors (Lipinski definition) is 8. The molecule has 0 spiro atoms. The van der Waals surface area contributed by atoms with E-state index in [9.17, 15) is 8.42 Å². The van der Waals surface area contributed by atoms with Crippen LogP contribution in [0.2, 0.25) is 0 Å². The number of nitrogens with zero attached hydrogens (tertiary/aromatic N) is 4. The highest BCUT2D eigenvalue weighted by molar-refractivity contribution is 7.91. The van der Waals surface area contributed by atoms with Crippen molar-refractivity contribution >= 4 is 21.4 Å². The SMILES string of the molecule is O=S(=O)(c1cccs1)N1CCN(Cc2nnc(-c3ccco3)o2)CC1. The highest BCUT2D eigenvalue weighted by Crippen LogP contribution is 2.23. The molecule has 1 fully saturated rings. The molecule has 0 saturated carbocycles. The maximum Gasteiger partial charge on any atom is 0.283 e. The number of piperazine rings is 1. The van der Waals surface area contributed by atoms with Gasteiger partial charge >= 0.3 is 0 Å². The summed E-state index contributed by atoms with van der Waals surface area (Å²) in [6, 6.07) is 6.90. The topological polar surface area (TPSA) is 92.7 Å². The molecule has 0 aromatic carbocycles. The van der Waals surface area contributed by atoms with E-state index in [2.05, 4.69) is 15.1 Å². The van der Waals surface area contributed by atoms with E-state index in [1.54, 1.807) is 35.9 Å². The van der Waals surface area contributed by atoms with Gasteiger partial charge in [-0.1, -0.05) is 6.07 Å². The lowest BCUT2D eigenvalue weighted by Crippen LogP contribution is -2.48. The van der Waals surface area contributed by atoms with E-state index >= 15 is 0 Å². The Kier molecular flexibility index (Phi) is 4.42. The highest BCUT2D eigenvalue weighted by atomic mass is 32.2. The van der Waals surface area contributed by atoms with Crippen molar-refractivity contribution in [3.63, 3.8) is 0 Å². The summed E-state index contributed by atoms with van der Waals surface area (Å²) in [6.45, 7) is 2.60. The summed E-state index contributed by atoms with van der Waals surface area (Å²) < 4.78 is 37.8. The van der Waals surface area contributed by atoms with Gasteiger partial charge in [-0.2, -0.15) is 4.31 Å². The first-order valence-corrected chi connectivity index (χ1v) is 10.1. The number of aromatic nitrogens is 2. The van der Waals surface area contributed by atoms with Gasteiger partial charge in [0.25, 0.3) is 15.9 Å². The quantitative estimate of drug-likeness (QED) is 0.667. The van der Waals surface area contributed by atoms with Crippen LogP contribution in [-0.2, 0) is 16.6 Å². The molecule has 0 unspecified atom stereocenters. The van der Waals surface area contributed by atoms with Crippen LogP contribution in [0, 0.1) is 0 Å². The van der Waals surface area contributed by atoms with E-state index in [1.165, 1.54) is 15.6 Å². The van der Waals surface area contributed by atoms with Crippen LogP contribution in [0.4, 0.5) is 0 Å². The molecule has 10 heteroatoms. The number of sulfonamides is 1. The van der Waals surface area contributed by atoms with Crippen LogP contribution in [0.5, 0.6) is 0 Å². The Morgan fingerprint density at radius 3 is 2.64 bits per heavy atom. The molecule has 4 rings (SSSR count). The van der Waals surface area contributed by atoms with Gasteiger partial charge in [-0.25, -0.2) is 8.42 Å². The van der Waals surface area contributed by atoms with Gasteiger partial charge < -0.3 is 8.83 Å². The van der Waals surface area contributed by atoms with E-state index in [-0.39, 0.29) is 0 Å². The van der Waals surface area contributed by atoms with Gasteiger partial charge in [-0.3, -0.25) is 4.90 Å². The molecule has 0 N–H and O–H groups in total. The molecule has 0 radical (unpaired) electrons. The Hall–Kier alpha value is -2.01. The largest absolute Gasteiger partial charge is 0.459 e. The molecule has 0 atom stereocenters. The van der Waals surface area contributed by atoms with Crippen LogP contribution in [0.1, 0.15) is 5.89 Å². The molecule has 0 amide bonds. The monoisotopic (exact) mass is 380 g/mol. The fraction of sp³-hybridized carbons (Fsp3) is 0.333. The lowest BCUT2D eigenvalue weighted by atomic mass is 10.3. The predicted octanol–water partition coefficient (Wildman–Crippen LogP) is 1.90. The Morgan fingerprint density at radius 2 is 1.96 bits per heavy atom. The molecule has 1 aliphatic heterocycles. The van der Waals surface area contributed by atoms with Crippen molar-refractivity contribution < 1.29 is 17.3 Å². The van der Waals surface area contributed by atoms with Gasteiger partial charge in [0.1, 0.15) is 4.21 Å². The molecule has 3 aromatic heterocycles. The lowest BCUT2D eigenvalue weighted by Gasteiger charge is -2.32. The lowest BCUT2D eigenvalue weighted by molar-refractivity contribution is 0.168. The van der Waals surface area contributed by atoms with Crippen LogP contribution in [0.3, 0.4) is 0 Å². The molecule has 8 nitrogen and oxygen atoms in total. The van der Waals surface area contributed by atoms with E-state index in [1.807, 2.05) is 0 Å². The van der Waals surface area contributed by atoms with Crippen molar-refractivity contribution in [3.8, 4) is 11.7 Å². The minimum atomic E-state index is -3.38. The molecule has 1 aliphatic rings. The molecular formula is C15H16N4O4S2. The van der Waals surface area contributed by atoms with Gasteiger partial charge in [0.2, 0.25) is 5.89 Å². The third kappa shape index (κ3) is 3.38. The summed E-state index contributed by atoms with van der Waals surface area (Å²) in [5.74, 6) is 1.37. The van der Waals surface area contributed by atoms with Crippen LogP contribution in [0.25, 0.3) is 11.7 Å². The van der Waals surface area contributed by atoms with Crippen LogP contribution in [-0.4, -0.2) is 54.0 Å². The molecule has 25 heavy (non-hydrogen) atoms. The number of rotatable bonds is 5. The maximum absolute atomic E-state index is 12.5. The average Bonchev–Trinajstić information content (AvgIpc) is 3.37. The zero-order valence-electron chi connectivity index (χ0n) is 13.2. The van der Waals surface area contributed by atoms with Gasteiger partial charge in [0.05, 0.1) is 12.8 Å². The van der Waals surface area contributed by atoms with Crippen LogP contribution in [0.15, 0.2) is 49.0 Å². The minimum Gasteiger partial charge on any atom is -0.459 e. The Bertz CT molecular complexity index is 911. The maximum atomic E-state index is 12.5. The van der Waals surface area contributed by atoms with Crippen LogP contribution >= 0.6 is 11.3 Å². The molecular weight excluding hydrogens is 364 g/mol. The van der Waals surface area contributed by atoms with Gasteiger partial charge in [-0.05, 0) is 23.6 Å². The first-order valence-electron chi connectivity index (χ1n) is 7.75. The number of hydrogen-bond donors (Lipinski definition) is 0. The number of thiophene rings is 1. The summed E-state index contributed by atoms with van der Waals surface area (Å²) in [5.41, 5.74) is 0. The smallest absolute Gasteiger partial charge is 0.283 e. The molecule has 0 aliphatic carbocycles. The van der Waals surface area contributed by atoms with E-state index in [0.717, 1.165) is 0 Å². The Balaban J connectivity index is 1.36. The average molecular weight is 380 g/mol. The van der Waals surface area contributed by atoms with Crippen molar-refractivity contribution in [3.05, 3.63) is 41.8 Å². The van der Waals surface area contributed by atoms with Crippen molar-refractivity contribution in [2.24, 2.45) is 0 Å². The zero-order valence-corrected chi connectivity index (χ0v) is 14.9.